The molecule has 2 aromatic heterocycles. The first-order valence-electron chi connectivity index (χ1n) is 21.3. The third-order valence-electron chi connectivity index (χ3n) is 10.9. The SMILES string of the molecule is CC(C)c1cccc(C(C)C)c1NC(=O)c1ccc2nc(-c3c(Cl)cccc3Cl)[nH]c2c1.O=C(Nc1ccccc1)c1cccc(NC(=O)c2ccc3nc(-c4c(Cl)cccc4Cl)[nH]c3c2)c1. The minimum absolute atomic E-state index is 0.158. The quantitative estimate of drug-likeness (QED) is 0.0927. The number of aromatic nitrogens is 4. The summed E-state index contributed by atoms with van der Waals surface area (Å²) in [6, 6.07) is 43.3. The molecule has 67 heavy (non-hydrogen) atoms. The average molecular weight is 968 g/mol. The molecule has 0 radical (unpaired) electrons. The molecule has 0 bridgehead atoms. The van der Waals surface area contributed by atoms with Gasteiger partial charge in [0.1, 0.15) is 11.6 Å². The molecule has 0 aliphatic heterocycles. The largest absolute Gasteiger partial charge is 0.338 e. The van der Waals surface area contributed by atoms with Gasteiger partial charge in [0.05, 0.1) is 53.3 Å². The van der Waals surface area contributed by atoms with E-state index in [0.717, 1.165) is 27.8 Å². The number of benzene rings is 7. The van der Waals surface area contributed by atoms with Crippen LogP contribution in [0.3, 0.4) is 0 Å². The van der Waals surface area contributed by atoms with Crippen molar-refractivity contribution in [1.82, 2.24) is 19.9 Å². The molecule has 336 valence electrons. The van der Waals surface area contributed by atoms with Gasteiger partial charge in [-0.1, -0.05) is 129 Å². The topological polar surface area (TPSA) is 145 Å². The molecule has 0 saturated heterocycles. The number of anilines is 3. The molecule has 7 aromatic carbocycles. The fourth-order valence-electron chi connectivity index (χ4n) is 7.53. The third kappa shape index (κ3) is 10.5. The first-order valence-corrected chi connectivity index (χ1v) is 22.9. The number of nitrogens with one attached hydrogen (secondary N) is 5. The van der Waals surface area contributed by atoms with Gasteiger partial charge in [-0.25, -0.2) is 9.97 Å². The van der Waals surface area contributed by atoms with E-state index in [4.69, 9.17) is 46.4 Å². The first-order chi connectivity index (χ1) is 32.2. The lowest BCUT2D eigenvalue weighted by Gasteiger charge is -2.20. The van der Waals surface area contributed by atoms with Crippen LogP contribution < -0.4 is 16.0 Å². The summed E-state index contributed by atoms with van der Waals surface area (Å²) in [4.78, 5) is 54.3. The lowest BCUT2D eigenvalue weighted by molar-refractivity contribution is 0.101. The van der Waals surface area contributed by atoms with Gasteiger partial charge in [-0.2, -0.15) is 0 Å². The highest BCUT2D eigenvalue weighted by molar-refractivity contribution is 6.39. The smallest absolute Gasteiger partial charge is 0.255 e. The normalized spacial score (nSPS) is 11.1. The Hall–Kier alpha value is -6.95. The van der Waals surface area contributed by atoms with Gasteiger partial charge in [0.25, 0.3) is 17.7 Å². The Labute approximate surface area is 407 Å². The second-order valence-corrected chi connectivity index (χ2v) is 17.9. The minimum atomic E-state index is -0.320. The number of nitrogens with zero attached hydrogens (tertiary/aromatic N) is 2. The molecule has 0 atom stereocenters. The number of rotatable bonds is 10. The van der Waals surface area contributed by atoms with Crippen LogP contribution in [0.4, 0.5) is 17.1 Å². The van der Waals surface area contributed by atoms with E-state index in [1.54, 1.807) is 103 Å². The van der Waals surface area contributed by atoms with Crippen molar-refractivity contribution in [2.45, 2.75) is 39.5 Å². The van der Waals surface area contributed by atoms with Crippen molar-refractivity contribution in [2.75, 3.05) is 16.0 Å². The zero-order valence-electron chi connectivity index (χ0n) is 36.6. The number of H-pyrrole nitrogens is 2. The summed E-state index contributed by atoms with van der Waals surface area (Å²) >= 11 is 25.3. The van der Waals surface area contributed by atoms with Crippen LogP contribution in [0.15, 0.2) is 146 Å². The van der Waals surface area contributed by atoms with Crippen molar-refractivity contribution in [1.29, 1.82) is 0 Å². The molecule has 5 N–H and O–H groups in total. The highest BCUT2D eigenvalue weighted by Gasteiger charge is 2.20. The molecular weight excluding hydrogens is 924 g/mol. The van der Waals surface area contributed by atoms with Gasteiger partial charge in [-0.05, 0) is 114 Å². The highest BCUT2D eigenvalue weighted by Crippen LogP contribution is 2.36. The van der Waals surface area contributed by atoms with E-state index >= 15 is 0 Å². The minimum Gasteiger partial charge on any atom is -0.338 e. The Morgan fingerprint density at radius 1 is 0.448 bits per heavy atom. The summed E-state index contributed by atoms with van der Waals surface area (Å²) in [7, 11) is 0. The zero-order valence-corrected chi connectivity index (χ0v) is 39.7. The molecule has 3 amide bonds. The van der Waals surface area contributed by atoms with Crippen molar-refractivity contribution in [2.24, 2.45) is 0 Å². The monoisotopic (exact) mass is 965 g/mol. The van der Waals surface area contributed by atoms with Gasteiger partial charge < -0.3 is 25.9 Å². The number of amides is 3. The van der Waals surface area contributed by atoms with E-state index in [-0.39, 0.29) is 17.7 Å². The second-order valence-electron chi connectivity index (χ2n) is 16.3. The molecule has 0 aliphatic carbocycles. The van der Waals surface area contributed by atoms with E-state index in [1.807, 2.05) is 24.3 Å². The third-order valence-corrected chi connectivity index (χ3v) is 12.2. The second kappa shape index (κ2) is 20.3. The van der Waals surface area contributed by atoms with Gasteiger partial charge in [0, 0.05) is 33.8 Å². The molecule has 9 aromatic rings. The van der Waals surface area contributed by atoms with Crippen LogP contribution in [0, 0.1) is 0 Å². The van der Waals surface area contributed by atoms with Gasteiger partial charge in [0.2, 0.25) is 0 Å². The Morgan fingerprint density at radius 3 is 1.33 bits per heavy atom. The molecule has 9 rings (SSSR count). The number of hydrogen-bond acceptors (Lipinski definition) is 5. The van der Waals surface area contributed by atoms with Crippen LogP contribution in [0.5, 0.6) is 0 Å². The maximum atomic E-state index is 13.2. The Bertz CT molecular complexity index is 3240. The van der Waals surface area contributed by atoms with E-state index < -0.39 is 0 Å². The number of fused-ring (bicyclic) bond motifs is 2. The summed E-state index contributed by atoms with van der Waals surface area (Å²) in [6.45, 7) is 8.53. The van der Waals surface area contributed by atoms with Crippen LogP contribution in [0.25, 0.3) is 44.8 Å². The lowest BCUT2D eigenvalue weighted by Crippen LogP contribution is -2.16. The number of carbonyl (C=O) groups excluding carboxylic acids is 3. The molecule has 14 heteroatoms. The fraction of sp³-hybridized carbons (Fsp3) is 0.113. The number of aromatic amines is 2. The van der Waals surface area contributed by atoms with E-state index in [9.17, 15) is 14.4 Å². The number of halogens is 4. The van der Waals surface area contributed by atoms with Crippen molar-refractivity contribution < 1.29 is 14.4 Å². The average Bonchev–Trinajstić information content (AvgIpc) is 3.93. The molecule has 0 spiro atoms. The molecule has 2 heterocycles. The van der Waals surface area contributed by atoms with Gasteiger partial charge in [0.15, 0.2) is 0 Å². The standard InChI is InChI=1S/C27H18Cl2N4O2.C26H25Cl2N3O/c28-20-10-5-11-21(29)24(20)25-32-22-13-12-17(15-23(22)33-25)27(35)31-19-9-4-6-16(14-19)26(34)30-18-7-2-1-3-8-18;1-14(2)17-7-5-8-18(15(3)4)24(17)31-26(32)16-11-12-21-22(13-16)30-25(29-21)23-19(27)9-6-10-20(23)28/h1-15H,(H,30,34)(H,31,35)(H,32,33);5-15H,1-4H3,(H,29,30)(H,31,32). The van der Waals surface area contributed by atoms with E-state index in [0.29, 0.717) is 93.8 Å². The molecule has 0 fully saturated rings. The predicted octanol–water partition coefficient (Wildman–Crippen LogP) is 15.1. The number of carbonyl (C=O) groups is 3. The molecule has 0 saturated carbocycles. The number of hydrogen-bond donors (Lipinski definition) is 5. The maximum absolute atomic E-state index is 13.2. The van der Waals surface area contributed by atoms with Gasteiger partial charge in [-0.15, -0.1) is 0 Å². The van der Waals surface area contributed by atoms with Crippen molar-refractivity contribution in [3.63, 3.8) is 0 Å². The van der Waals surface area contributed by atoms with Crippen LogP contribution in [-0.4, -0.2) is 37.7 Å². The van der Waals surface area contributed by atoms with E-state index in [2.05, 4.69) is 81.8 Å². The van der Waals surface area contributed by atoms with Gasteiger partial charge >= 0.3 is 0 Å². The summed E-state index contributed by atoms with van der Waals surface area (Å²) in [6.07, 6.45) is 0. The summed E-state index contributed by atoms with van der Waals surface area (Å²) in [5.74, 6) is 0.930. The Kier molecular flexibility index (Phi) is 14.1. The number of imidazole rings is 2. The summed E-state index contributed by atoms with van der Waals surface area (Å²) in [5.41, 5.74) is 9.81. The molecule has 0 unspecified atom stereocenters. The molecule has 10 nitrogen and oxygen atoms in total. The van der Waals surface area contributed by atoms with Gasteiger partial charge in [-0.3, -0.25) is 14.4 Å². The van der Waals surface area contributed by atoms with Crippen LogP contribution in [0.1, 0.15) is 81.7 Å². The van der Waals surface area contributed by atoms with Crippen LogP contribution >= 0.6 is 46.4 Å². The lowest BCUT2D eigenvalue weighted by atomic mass is 9.92. The highest BCUT2D eigenvalue weighted by atomic mass is 35.5. The van der Waals surface area contributed by atoms with E-state index in [1.165, 1.54) is 0 Å². The number of para-hydroxylation sites is 2. The Morgan fingerprint density at radius 2 is 0.851 bits per heavy atom. The van der Waals surface area contributed by atoms with Crippen LogP contribution in [0.2, 0.25) is 20.1 Å². The van der Waals surface area contributed by atoms with Crippen molar-refractivity contribution in [3.8, 4) is 22.8 Å². The van der Waals surface area contributed by atoms with Crippen molar-refractivity contribution >= 4 is 103 Å². The van der Waals surface area contributed by atoms with Crippen molar-refractivity contribution in [3.05, 3.63) is 194 Å². The molecular formula is C53H43Cl4N7O3. The zero-order chi connectivity index (χ0) is 47.4. The summed E-state index contributed by atoms with van der Waals surface area (Å²) < 4.78 is 0. The molecule has 0 aliphatic rings. The first kappa shape index (κ1) is 46.6. The maximum Gasteiger partial charge on any atom is 0.255 e. The fourth-order valence-corrected chi connectivity index (χ4v) is 8.69. The van der Waals surface area contributed by atoms with Crippen LogP contribution in [-0.2, 0) is 0 Å². The summed E-state index contributed by atoms with van der Waals surface area (Å²) in [5, 5.41) is 10.8. The Balaban J connectivity index is 0.000000182. The predicted molar refractivity (Wildman–Crippen MR) is 274 cm³/mol.